The predicted molar refractivity (Wildman–Crippen MR) is 54.5 cm³/mol. The first-order chi connectivity index (χ1) is 6.52. The van der Waals surface area contributed by atoms with Crippen LogP contribution in [0.1, 0.15) is 18.0 Å². The Morgan fingerprint density at radius 3 is 2.71 bits per heavy atom. The molecule has 14 heavy (non-hydrogen) atoms. The van der Waals surface area contributed by atoms with Crippen molar-refractivity contribution in [1.82, 2.24) is 0 Å². The molecule has 0 radical (unpaired) electrons. The summed E-state index contributed by atoms with van der Waals surface area (Å²) in [5.74, 6) is 0.116. The zero-order chi connectivity index (χ0) is 10.3. The molecule has 1 aliphatic heterocycles. The third-order valence-electron chi connectivity index (χ3n) is 2.50. The summed E-state index contributed by atoms with van der Waals surface area (Å²) in [5.41, 5.74) is 12.6. The van der Waals surface area contributed by atoms with Gasteiger partial charge in [0.15, 0.2) is 9.84 Å². The highest BCUT2D eigenvalue weighted by molar-refractivity contribution is 7.91. The van der Waals surface area contributed by atoms with E-state index in [9.17, 15) is 8.42 Å². The molecule has 4 nitrogen and oxygen atoms in total. The molecule has 1 unspecified atom stereocenters. The van der Waals surface area contributed by atoms with E-state index in [0.29, 0.717) is 22.6 Å². The van der Waals surface area contributed by atoms with Gasteiger partial charge in [0, 0.05) is 17.3 Å². The molecule has 1 aromatic rings. The first-order valence-corrected chi connectivity index (χ1v) is 6.04. The van der Waals surface area contributed by atoms with Crippen LogP contribution < -0.4 is 11.5 Å². The van der Waals surface area contributed by atoms with Crippen LogP contribution in [0.5, 0.6) is 0 Å². The van der Waals surface area contributed by atoms with Gasteiger partial charge in [-0.2, -0.15) is 0 Å². The summed E-state index contributed by atoms with van der Waals surface area (Å²) in [6, 6.07) is 4.64. The van der Waals surface area contributed by atoms with Gasteiger partial charge in [-0.3, -0.25) is 0 Å². The monoisotopic (exact) mass is 212 g/mol. The van der Waals surface area contributed by atoms with Crippen LogP contribution in [-0.2, 0) is 9.84 Å². The predicted octanol–water partition coefficient (Wildman–Crippen LogP) is 0.446. The third kappa shape index (κ3) is 1.29. The van der Waals surface area contributed by atoms with Gasteiger partial charge in [-0.15, -0.1) is 0 Å². The number of nitrogen functional groups attached to an aromatic ring is 1. The lowest BCUT2D eigenvalue weighted by atomic mass is 10.0. The summed E-state index contributed by atoms with van der Waals surface area (Å²) < 4.78 is 23.3. The molecule has 2 rings (SSSR count). The van der Waals surface area contributed by atoms with Crippen molar-refractivity contribution in [1.29, 1.82) is 0 Å². The van der Waals surface area contributed by atoms with Crippen LogP contribution in [0.3, 0.4) is 0 Å². The molecule has 1 atom stereocenters. The standard InChI is InChI=1S/C9H12N2O2S/c10-6-2-1-3-8-9(6)7(11)4-5-14(8,12)13/h1-3,7H,4-5,10-11H2. The van der Waals surface area contributed by atoms with Gasteiger partial charge in [0.1, 0.15) is 0 Å². The largest absolute Gasteiger partial charge is 0.398 e. The minimum absolute atomic E-state index is 0.116. The summed E-state index contributed by atoms with van der Waals surface area (Å²) in [4.78, 5) is 0.302. The number of nitrogens with two attached hydrogens (primary N) is 2. The maximum Gasteiger partial charge on any atom is 0.178 e. The summed E-state index contributed by atoms with van der Waals surface area (Å²) in [7, 11) is -3.16. The Balaban J connectivity index is 2.75. The van der Waals surface area contributed by atoms with E-state index in [0.717, 1.165) is 0 Å². The van der Waals surface area contributed by atoms with Crippen LogP contribution in [0, 0.1) is 0 Å². The quantitative estimate of drug-likeness (QED) is 0.611. The Kier molecular flexibility index (Phi) is 2.01. The maximum atomic E-state index is 11.7. The number of fused-ring (bicyclic) bond motifs is 1. The average molecular weight is 212 g/mol. The minimum Gasteiger partial charge on any atom is -0.398 e. The molecule has 5 heteroatoms. The highest BCUT2D eigenvalue weighted by Gasteiger charge is 2.29. The van der Waals surface area contributed by atoms with Gasteiger partial charge in [0.2, 0.25) is 0 Å². The molecular formula is C9H12N2O2S. The Labute approximate surface area is 82.8 Å². The normalized spacial score (nSPS) is 24.2. The number of hydrogen-bond acceptors (Lipinski definition) is 4. The Hall–Kier alpha value is -1.07. The second-order valence-corrected chi connectivity index (χ2v) is 5.55. The molecule has 0 fully saturated rings. The Morgan fingerprint density at radius 2 is 2.07 bits per heavy atom. The topological polar surface area (TPSA) is 86.2 Å². The zero-order valence-corrected chi connectivity index (χ0v) is 8.42. The van der Waals surface area contributed by atoms with Crippen molar-refractivity contribution >= 4 is 15.5 Å². The molecule has 4 N–H and O–H groups in total. The first-order valence-electron chi connectivity index (χ1n) is 4.39. The number of benzene rings is 1. The van der Waals surface area contributed by atoms with Gasteiger partial charge in [0.25, 0.3) is 0 Å². The van der Waals surface area contributed by atoms with Crippen LogP contribution in [0.2, 0.25) is 0 Å². The maximum absolute atomic E-state index is 11.7. The van der Waals surface area contributed by atoms with Crippen molar-refractivity contribution in [3.05, 3.63) is 23.8 Å². The van der Waals surface area contributed by atoms with Gasteiger partial charge in [0.05, 0.1) is 10.6 Å². The molecule has 0 amide bonds. The molecule has 0 saturated heterocycles. The van der Waals surface area contributed by atoms with E-state index in [4.69, 9.17) is 11.5 Å². The fourth-order valence-corrected chi connectivity index (χ4v) is 3.44. The van der Waals surface area contributed by atoms with E-state index >= 15 is 0 Å². The van der Waals surface area contributed by atoms with E-state index in [1.54, 1.807) is 18.2 Å². The van der Waals surface area contributed by atoms with Crippen LogP contribution in [0.25, 0.3) is 0 Å². The number of hydrogen-bond donors (Lipinski definition) is 2. The minimum atomic E-state index is -3.16. The summed E-state index contributed by atoms with van der Waals surface area (Å²) in [5, 5.41) is 0. The lowest BCUT2D eigenvalue weighted by Crippen LogP contribution is -2.26. The van der Waals surface area contributed by atoms with Crippen LogP contribution in [0.15, 0.2) is 23.1 Å². The van der Waals surface area contributed by atoms with Crippen molar-refractivity contribution in [3.63, 3.8) is 0 Å². The van der Waals surface area contributed by atoms with Crippen LogP contribution in [-0.4, -0.2) is 14.2 Å². The highest BCUT2D eigenvalue weighted by atomic mass is 32.2. The van der Waals surface area contributed by atoms with Gasteiger partial charge in [-0.25, -0.2) is 8.42 Å². The van der Waals surface area contributed by atoms with Gasteiger partial charge >= 0.3 is 0 Å². The molecule has 1 heterocycles. The highest BCUT2D eigenvalue weighted by Crippen LogP contribution is 2.34. The molecule has 0 bridgehead atoms. The SMILES string of the molecule is Nc1cccc2c1C(N)CCS2(=O)=O. The van der Waals surface area contributed by atoms with E-state index < -0.39 is 9.84 Å². The van der Waals surface area contributed by atoms with Crippen molar-refractivity contribution in [2.75, 3.05) is 11.5 Å². The molecule has 0 spiro atoms. The Morgan fingerprint density at radius 1 is 1.36 bits per heavy atom. The summed E-state index contributed by atoms with van der Waals surface area (Å²) in [6.07, 6.45) is 0.448. The summed E-state index contributed by atoms with van der Waals surface area (Å²) >= 11 is 0. The number of anilines is 1. The molecular weight excluding hydrogens is 200 g/mol. The molecule has 0 aromatic heterocycles. The molecule has 1 aromatic carbocycles. The van der Waals surface area contributed by atoms with Crippen LogP contribution >= 0.6 is 0 Å². The lowest BCUT2D eigenvalue weighted by Gasteiger charge is -2.23. The number of sulfone groups is 1. The lowest BCUT2D eigenvalue weighted by molar-refractivity contribution is 0.569. The molecule has 76 valence electrons. The Bertz CT molecular complexity index is 468. The fourth-order valence-electron chi connectivity index (χ4n) is 1.77. The second kappa shape index (κ2) is 2.96. The van der Waals surface area contributed by atoms with Crippen molar-refractivity contribution in [2.45, 2.75) is 17.4 Å². The smallest absolute Gasteiger partial charge is 0.178 e. The van der Waals surface area contributed by atoms with E-state index in [1.807, 2.05) is 0 Å². The molecule has 1 aliphatic rings. The van der Waals surface area contributed by atoms with Gasteiger partial charge in [-0.05, 0) is 18.6 Å². The van der Waals surface area contributed by atoms with E-state index in [-0.39, 0.29) is 11.8 Å². The first kappa shape index (κ1) is 9.48. The molecule has 0 saturated carbocycles. The van der Waals surface area contributed by atoms with Gasteiger partial charge < -0.3 is 11.5 Å². The van der Waals surface area contributed by atoms with Crippen molar-refractivity contribution in [3.8, 4) is 0 Å². The zero-order valence-electron chi connectivity index (χ0n) is 7.60. The van der Waals surface area contributed by atoms with E-state index in [1.165, 1.54) is 0 Å². The van der Waals surface area contributed by atoms with Crippen LogP contribution in [0.4, 0.5) is 5.69 Å². The third-order valence-corrected chi connectivity index (χ3v) is 4.30. The van der Waals surface area contributed by atoms with Crippen molar-refractivity contribution in [2.24, 2.45) is 5.73 Å². The second-order valence-electron chi connectivity index (χ2n) is 3.47. The van der Waals surface area contributed by atoms with Gasteiger partial charge in [-0.1, -0.05) is 6.07 Å². The van der Waals surface area contributed by atoms with Crippen molar-refractivity contribution < 1.29 is 8.42 Å². The molecule has 0 aliphatic carbocycles. The summed E-state index contributed by atoms with van der Waals surface area (Å²) in [6.45, 7) is 0. The number of rotatable bonds is 0. The average Bonchev–Trinajstić information content (AvgIpc) is 2.12. The fraction of sp³-hybridized carbons (Fsp3) is 0.333. The van der Waals surface area contributed by atoms with E-state index in [2.05, 4.69) is 0 Å².